The number of aromatic nitrogens is 4. The van der Waals surface area contributed by atoms with Gasteiger partial charge in [-0.3, -0.25) is 13.9 Å². The summed E-state index contributed by atoms with van der Waals surface area (Å²) in [5.41, 5.74) is -1.53. The van der Waals surface area contributed by atoms with Crippen LogP contribution in [0.5, 0.6) is 5.75 Å². The van der Waals surface area contributed by atoms with Crippen molar-refractivity contribution < 1.29 is 37.4 Å². The molecule has 1 saturated heterocycles. The molecular weight excluding hydrogens is 520 g/mol. The third-order valence-electron chi connectivity index (χ3n) is 5.84. The number of aliphatic hydroxyl groups excluding tert-OH is 1. The first-order valence-electron chi connectivity index (χ1n) is 12.1. The maximum Gasteiger partial charge on any atom is 0.459 e. The summed E-state index contributed by atoms with van der Waals surface area (Å²) in [4.78, 5) is 24.9. The molecule has 0 unspecified atom stereocenters. The fourth-order valence-electron chi connectivity index (χ4n) is 3.94. The molecule has 0 bridgehead atoms. The maximum absolute atomic E-state index is 15.8. The molecule has 206 valence electrons. The Morgan fingerprint density at radius 2 is 2.00 bits per heavy atom. The van der Waals surface area contributed by atoms with E-state index in [1.807, 2.05) is 0 Å². The molecule has 1 aliphatic heterocycles. The van der Waals surface area contributed by atoms with Crippen LogP contribution in [0, 0.1) is 6.92 Å². The average Bonchev–Trinajstić information content (AvgIpc) is 3.35. The molecule has 38 heavy (non-hydrogen) atoms. The lowest BCUT2D eigenvalue weighted by atomic mass is 9.98. The number of aliphatic hydroxyl groups is 1. The molecule has 12 nitrogen and oxygen atoms in total. The van der Waals surface area contributed by atoms with Crippen molar-refractivity contribution in [2.24, 2.45) is 0 Å². The van der Waals surface area contributed by atoms with Crippen molar-refractivity contribution in [1.29, 1.82) is 0 Å². The maximum atomic E-state index is 15.8. The largest absolute Gasteiger partial charge is 0.462 e. The Morgan fingerprint density at radius 3 is 2.68 bits per heavy atom. The SMILES string of the molecule is Cc1ncc2ncn([C@@H]3O[C@H](CO[P@@](=O)(N[C@H](C)C(=O)OC(C)C)Oc4ccccc4)[C@@H](O)[C@@]3(C)F)c2n1. The Bertz CT molecular complexity index is 1320. The van der Waals surface area contributed by atoms with E-state index in [4.69, 9.17) is 18.5 Å². The highest BCUT2D eigenvalue weighted by molar-refractivity contribution is 7.52. The highest BCUT2D eigenvalue weighted by Crippen LogP contribution is 2.48. The molecule has 2 aromatic heterocycles. The number of aryl methyl sites for hydroxylation is 1. The number of rotatable bonds is 10. The number of ether oxygens (including phenoxy) is 2. The van der Waals surface area contributed by atoms with E-state index < -0.39 is 56.6 Å². The van der Waals surface area contributed by atoms with E-state index in [0.29, 0.717) is 17.0 Å². The van der Waals surface area contributed by atoms with Gasteiger partial charge in [-0.15, -0.1) is 0 Å². The number of nitrogens with one attached hydrogen (secondary N) is 1. The Balaban J connectivity index is 1.54. The minimum absolute atomic E-state index is 0.203. The van der Waals surface area contributed by atoms with E-state index in [-0.39, 0.29) is 5.75 Å². The monoisotopic (exact) mass is 551 g/mol. The topological polar surface area (TPSA) is 147 Å². The molecule has 0 saturated carbocycles. The molecule has 3 heterocycles. The fraction of sp³-hybridized carbons (Fsp3) is 0.500. The third-order valence-corrected chi connectivity index (χ3v) is 7.48. The number of carbonyl (C=O) groups is 1. The number of nitrogens with zero attached hydrogens (tertiary/aromatic N) is 4. The zero-order valence-corrected chi connectivity index (χ0v) is 22.5. The molecule has 4 rings (SSSR count). The van der Waals surface area contributed by atoms with Crippen molar-refractivity contribution in [3.8, 4) is 5.75 Å². The van der Waals surface area contributed by atoms with Gasteiger partial charge in [0.2, 0.25) is 0 Å². The van der Waals surface area contributed by atoms with Crippen molar-refractivity contribution >= 4 is 24.9 Å². The smallest absolute Gasteiger partial charge is 0.459 e. The van der Waals surface area contributed by atoms with E-state index in [2.05, 4.69) is 20.0 Å². The van der Waals surface area contributed by atoms with Gasteiger partial charge in [-0.2, -0.15) is 5.09 Å². The summed E-state index contributed by atoms with van der Waals surface area (Å²) in [6.07, 6.45) is -1.76. The second kappa shape index (κ2) is 11.0. The number of hydrogen-bond donors (Lipinski definition) is 2. The summed E-state index contributed by atoms with van der Waals surface area (Å²) in [7, 11) is -4.25. The van der Waals surface area contributed by atoms with Gasteiger partial charge in [0, 0.05) is 0 Å². The first kappa shape index (κ1) is 28.1. The van der Waals surface area contributed by atoms with Crippen molar-refractivity contribution in [3.63, 3.8) is 0 Å². The molecule has 1 aliphatic rings. The Kier molecular flexibility index (Phi) is 8.15. The number of imidazole rings is 1. The summed E-state index contributed by atoms with van der Waals surface area (Å²) in [6.45, 7) is 7.15. The van der Waals surface area contributed by atoms with E-state index in [1.165, 1.54) is 30.9 Å². The summed E-state index contributed by atoms with van der Waals surface area (Å²) in [5.74, 6) is -0.0134. The predicted octanol–water partition coefficient (Wildman–Crippen LogP) is 3.25. The zero-order valence-electron chi connectivity index (χ0n) is 21.6. The molecule has 6 atom stereocenters. The van der Waals surface area contributed by atoms with E-state index in [9.17, 15) is 14.5 Å². The van der Waals surface area contributed by atoms with Crippen molar-refractivity contribution in [2.45, 2.75) is 70.9 Å². The first-order chi connectivity index (χ1) is 17.9. The summed E-state index contributed by atoms with van der Waals surface area (Å²) in [5, 5.41) is 13.3. The van der Waals surface area contributed by atoms with Crippen LogP contribution in [0.4, 0.5) is 4.39 Å². The number of carbonyl (C=O) groups excluding carboxylic acids is 1. The minimum atomic E-state index is -4.25. The fourth-order valence-corrected chi connectivity index (χ4v) is 5.44. The summed E-state index contributed by atoms with van der Waals surface area (Å²) in [6, 6.07) is 7.11. The molecule has 0 radical (unpaired) electrons. The van der Waals surface area contributed by atoms with Crippen molar-refractivity contribution in [3.05, 3.63) is 48.7 Å². The Hall–Kier alpha value is -2.96. The molecule has 0 amide bonds. The van der Waals surface area contributed by atoms with Crippen LogP contribution in [0.15, 0.2) is 42.9 Å². The van der Waals surface area contributed by atoms with E-state index in [1.54, 1.807) is 51.1 Å². The molecule has 2 N–H and O–H groups in total. The lowest BCUT2D eigenvalue weighted by molar-refractivity contribution is -0.149. The molecule has 1 aromatic carbocycles. The number of fused-ring (bicyclic) bond motifs is 1. The van der Waals surface area contributed by atoms with Gasteiger partial charge in [-0.1, -0.05) is 18.2 Å². The van der Waals surface area contributed by atoms with Crippen LogP contribution in [0.3, 0.4) is 0 Å². The van der Waals surface area contributed by atoms with Crippen LogP contribution >= 0.6 is 7.75 Å². The van der Waals surface area contributed by atoms with Crippen LogP contribution in [0.1, 0.15) is 39.7 Å². The first-order valence-corrected chi connectivity index (χ1v) is 13.6. The van der Waals surface area contributed by atoms with Crippen LogP contribution in [-0.2, 0) is 23.4 Å². The lowest BCUT2D eigenvalue weighted by Gasteiger charge is -2.25. The van der Waals surface area contributed by atoms with Crippen molar-refractivity contribution in [1.82, 2.24) is 24.6 Å². The Labute approximate surface area is 219 Å². The molecule has 1 fully saturated rings. The second-order valence-electron chi connectivity index (χ2n) is 9.43. The normalized spacial score (nSPS) is 25.8. The number of alkyl halides is 1. The van der Waals surface area contributed by atoms with Gasteiger partial charge < -0.3 is 19.1 Å². The van der Waals surface area contributed by atoms with Gasteiger partial charge in [0.25, 0.3) is 0 Å². The number of para-hydroxylation sites is 1. The molecule has 0 spiro atoms. The quantitative estimate of drug-likeness (QED) is 0.283. The summed E-state index contributed by atoms with van der Waals surface area (Å²) >= 11 is 0. The van der Waals surface area contributed by atoms with Crippen LogP contribution in [0.25, 0.3) is 11.2 Å². The number of esters is 1. The van der Waals surface area contributed by atoms with Crippen molar-refractivity contribution in [2.75, 3.05) is 6.61 Å². The highest BCUT2D eigenvalue weighted by Gasteiger charge is 2.56. The standard InChI is InChI=1S/C24H31FN5O7P/c1-14(2)35-22(32)15(3)29-38(33,37-17-9-7-6-8-10-17)34-12-19-20(31)24(5,25)23(36-19)30-13-27-18-11-26-16(4)28-21(18)30/h6-11,13-15,19-20,23,31H,12H2,1-5H3,(H,29,33)/t15-,19-,20-,23-,24-,38+/m1/s1. The molecular formula is C24H31FN5O7P. The molecule has 14 heteroatoms. The van der Waals surface area contributed by atoms with Gasteiger partial charge in [-0.25, -0.2) is 23.9 Å². The Morgan fingerprint density at radius 1 is 1.29 bits per heavy atom. The van der Waals surface area contributed by atoms with Crippen LogP contribution < -0.4 is 9.61 Å². The lowest BCUT2D eigenvalue weighted by Crippen LogP contribution is -2.41. The van der Waals surface area contributed by atoms with Gasteiger partial charge in [0.1, 0.15) is 35.3 Å². The zero-order chi connectivity index (χ0) is 27.7. The second-order valence-corrected chi connectivity index (χ2v) is 11.1. The number of benzene rings is 1. The van der Waals surface area contributed by atoms with E-state index in [0.717, 1.165) is 0 Å². The predicted molar refractivity (Wildman–Crippen MR) is 134 cm³/mol. The highest BCUT2D eigenvalue weighted by atomic mass is 31.2. The third kappa shape index (κ3) is 6.02. The number of hydrogen-bond acceptors (Lipinski definition) is 10. The van der Waals surface area contributed by atoms with Gasteiger partial charge in [0.15, 0.2) is 17.5 Å². The minimum Gasteiger partial charge on any atom is -0.462 e. The molecule has 0 aliphatic carbocycles. The van der Waals surface area contributed by atoms with Crippen LogP contribution in [-0.4, -0.2) is 67.2 Å². The average molecular weight is 552 g/mol. The van der Waals surface area contributed by atoms with Gasteiger partial charge in [-0.05, 0) is 46.8 Å². The van der Waals surface area contributed by atoms with E-state index >= 15 is 4.39 Å². The molecule has 3 aromatic rings. The summed E-state index contributed by atoms with van der Waals surface area (Å²) < 4.78 is 53.1. The number of halogens is 1. The van der Waals surface area contributed by atoms with Crippen LogP contribution in [0.2, 0.25) is 0 Å². The van der Waals surface area contributed by atoms with Gasteiger partial charge >= 0.3 is 13.7 Å². The van der Waals surface area contributed by atoms with Gasteiger partial charge in [0.05, 0.1) is 25.2 Å².